The zero-order valence-corrected chi connectivity index (χ0v) is 11.9. The second-order valence-electron chi connectivity index (χ2n) is 5.28. The molecule has 1 unspecified atom stereocenters. The maximum atomic E-state index is 6.28. The quantitative estimate of drug-likeness (QED) is 0.907. The third-order valence-electron chi connectivity index (χ3n) is 3.41. The number of hydrogen-bond donors (Lipinski definition) is 1. The molecule has 19 heavy (non-hydrogen) atoms. The molecule has 0 spiro atoms. The summed E-state index contributed by atoms with van der Waals surface area (Å²) in [6, 6.07) is 17.1. The highest BCUT2D eigenvalue weighted by Crippen LogP contribution is 2.19. The number of benzene rings is 2. The Bertz CT molecular complexity index is 512. The van der Waals surface area contributed by atoms with Gasteiger partial charge in [-0.3, -0.25) is 0 Å². The Balaban J connectivity index is 2.07. The molecule has 1 atom stereocenters. The van der Waals surface area contributed by atoms with Crippen LogP contribution in [0.15, 0.2) is 48.5 Å². The predicted octanol–water partition coefficient (Wildman–Crippen LogP) is 3.30. The fourth-order valence-electron chi connectivity index (χ4n) is 2.12. The SMILES string of the molecule is Cc1ccc(CC(N)c2ccc(N(C)C)cc2)cc1. The molecule has 0 amide bonds. The Labute approximate surface area is 115 Å². The lowest BCUT2D eigenvalue weighted by atomic mass is 9.99. The molecule has 0 radical (unpaired) electrons. The van der Waals surface area contributed by atoms with E-state index >= 15 is 0 Å². The van der Waals surface area contributed by atoms with Gasteiger partial charge in [0.2, 0.25) is 0 Å². The first-order chi connectivity index (χ1) is 9.06. The molecule has 100 valence electrons. The summed E-state index contributed by atoms with van der Waals surface area (Å²) >= 11 is 0. The molecule has 0 fully saturated rings. The van der Waals surface area contributed by atoms with E-state index in [4.69, 9.17) is 5.73 Å². The highest BCUT2D eigenvalue weighted by Gasteiger charge is 2.07. The number of rotatable bonds is 4. The molecule has 2 nitrogen and oxygen atoms in total. The van der Waals surface area contributed by atoms with Crippen LogP contribution in [0.25, 0.3) is 0 Å². The summed E-state index contributed by atoms with van der Waals surface area (Å²) in [5.74, 6) is 0. The topological polar surface area (TPSA) is 29.3 Å². The normalized spacial score (nSPS) is 12.2. The fraction of sp³-hybridized carbons (Fsp3) is 0.294. The summed E-state index contributed by atoms with van der Waals surface area (Å²) in [5.41, 5.74) is 11.2. The Morgan fingerprint density at radius 1 is 0.947 bits per heavy atom. The minimum Gasteiger partial charge on any atom is -0.378 e. The van der Waals surface area contributed by atoms with Crippen LogP contribution in [0, 0.1) is 6.92 Å². The standard InChI is InChI=1S/C17H22N2/c1-13-4-6-14(7-5-13)12-17(18)15-8-10-16(11-9-15)19(2)3/h4-11,17H,12,18H2,1-3H3. The number of nitrogens with two attached hydrogens (primary N) is 1. The summed E-state index contributed by atoms with van der Waals surface area (Å²) in [6.45, 7) is 2.10. The maximum Gasteiger partial charge on any atom is 0.0361 e. The van der Waals surface area contributed by atoms with Gasteiger partial charge < -0.3 is 10.6 Å². The van der Waals surface area contributed by atoms with Crippen molar-refractivity contribution in [2.45, 2.75) is 19.4 Å². The lowest BCUT2D eigenvalue weighted by Crippen LogP contribution is -2.14. The summed E-state index contributed by atoms with van der Waals surface area (Å²) in [4.78, 5) is 2.09. The van der Waals surface area contributed by atoms with Crippen molar-refractivity contribution in [1.82, 2.24) is 0 Å². The molecule has 2 aromatic rings. The molecule has 2 N–H and O–H groups in total. The first-order valence-electron chi connectivity index (χ1n) is 6.64. The van der Waals surface area contributed by atoms with Crippen LogP contribution in [0.5, 0.6) is 0 Å². The van der Waals surface area contributed by atoms with Crippen LogP contribution in [0.3, 0.4) is 0 Å². The van der Waals surface area contributed by atoms with E-state index in [0.29, 0.717) is 0 Å². The minimum atomic E-state index is 0.0546. The molecule has 0 saturated carbocycles. The molecule has 2 aromatic carbocycles. The average Bonchev–Trinajstić information content (AvgIpc) is 2.41. The van der Waals surface area contributed by atoms with Gasteiger partial charge in [0.05, 0.1) is 0 Å². The van der Waals surface area contributed by atoms with E-state index in [-0.39, 0.29) is 6.04 Å². The molecular formula is C17H22N2. The molecule has 0 aromatic heterocycles. The first kappa shape index (κ1) is 13.6. The Hall–Kier alpha value is -1.80. The van der Waals surface area contributed by atoms with Crippen LogP contribution in [0.2, 0.25) is 0 Å². The Morgan fingerprint density at radius 2 is 1.53 bits per heavy atom. The lowest BCUT2D eigenvalue weighted by Gasteiger charge is -2.16. The number of anilines is 1. The van der Waals surface area contributed by atoms with Crippen molar-refractivity contribution in [3.8, 4) is 0 Å². The minimum absolute atomic E-state index is 0.0546. The maximum absolute atomic E-state index is 6.28. The number of nitrogens with zero attached hydrogens (tertiary/aromatic N) is 1. The molecular weight excluding hydrogens is 232 g/mol. The molecule has 2 heteroatoms. The number of aryl methyl sites for hydroxylation is 1. The van der Waals surface area contributed by atoms with Crippen molar-refractivity contribution in [1.29, 1.82) is 0 Å². The second-order valence-corrected chi connectivity index (χ2v) is 5.28. The van der Waals surface area contributed by atoms with Crippen LogP contribution in [-0.4, -0.2) is 14.1 Å². The Morgan fingerprint density at radius 3 is 2.05 bits per heavy atom. The largest absolute Gasteiger partial charge is 0.378 e. The van der Waals surface area contributed by atoms with Gasteiger partial charge in [0, 0.05) is 25.8 Å². The highest BCUT2D eigenvalue weighted by molar-refractivity contribution is 5.46. The van der Waals surface area contributed by atoms with E-state index in [1.807, 2.05) is 14.1 Å². The summed E-state index contributed by atoms with van der Waals surface area (Å²) < 4.78 is 0. The average molecular weight is 254 g/mol. The fourth-order valence-corrected chi connectivity index (χ4v) is 2.12. The van der Waals surface area contributed by atoms with Gasteiger partial charge in [-0.25, -0.2) is 0 Å². The van der Waals surface area contributed by atoms with Crippen LogP contribution in [0.1, 0.15) is 22.7 Å². The van der Waals surface area contributed by atoms with Crippen LogP contribution < -0.4 is 10.6 Å². The van der Waals surface area contributed by atoms with E-state index < -0.39 is 0 Å². The van der Waals surface area contributed by atoms with Crippen molar-refractivity contribution in [3.63, 3.8) is 0 Å². The Kier molecular flexibility index (Phi) is 4.23. The van der Waals surface area contributed by atoms with E-state index in [9.17, 15) is 0 Å². The van der Waals surface area contributed by atoms with Crippen LogP contribution in [0.4, 0.5) is 5.69 Å². The highest BCUT2D eigenvalue weighted by atomic mass is 15.1. The zero-order chi connectivity index (χ0) is 13.8. The first-order valence-corrected chi connectivity index (χ1v) is 6.64. The van der Waals surface area contributed by atoms with Crippen LogP contribution >= 0.6 is 0 Å². The van der Waals surface area contributed by atoms with Crippen molar-refractivity contribution in [2.75, 3.05) is 19.0 Å². The van der Waals surface area contributed by atoms with E-state index in [2.05, 4.69) is 60.4 Å². The van der Waals surface area contributed by atoms with Gasteiger partial charge in [-0.05, 0) is 36.6 Å². The summed E-state index contributed by atoms with van der Waals surface area (Å²) in [7, 11) is 4.09. The van der Waals surface area contributed by atoms with Crippen molar-refractivity contribution in [2.24, 2.45) is 5.73 Å². The molecule has 2 rings (SSSR count). The molecule has 0 bridgehead atoms. The molecule has 0 heterocycles. The van der Waals surface area contributed by atoms with Gasteiger partial charge in [0.25, 0.3) is 0 Å². The van der Waals surface area contributed by atoms with Crippen molar-refractivity contribution < 1.29 is 0 Å². The van der Waals surface area contributed by atoms with Gasteiger partial charge in [0.15, 0.2) is 0 Å². The summed E-state index contributed by atoms with van der Waals surface area (Å²) in [5, 5.41) is 0. The second kappa shape index (κ2) is 5.89. The van der Waals surface area contributed by atoms with Crippen molar-refractivity contribution in [3.05, 3.63) is 65.2 Å². The predicted molar refractivity (Wildman–Crippen MR) is 82.6 cm³/mol. The zero-order valence-electron chi connectivity index (χ0n) is 11.9. The third-order valence-corrected chi connectivity index (χ3v) is 3.41. The smallest absolute Gasteiger partial charge is 0.0361 e. The van der Waals surface area contributed by atoms with Gasteiger partial charge in [-0.1, -0.05) is 42.0 Å². The van der Waals surface area contributed by atoms with Gasteiger partial charge in [-0.15, -0.1) is 0 Å². The molecule has 0 saturated heterocycles. The third kappa shape index (κ3) is 3.58. The summed E-state index contributed by atoms with van der Waals surface area (Å²) in [6.07, 6.45) is 0.877. The van der Waals surface area contributed by atoms with Crippen LogP contribution in [-0.2, 0) is 6.42 Å². The van der Waals surface area contributed by atoms with E-state index in [1.165, 1.54) is 22.4 Å². The van der Waals surface area contributed by atoms with Crippen molar-refractivity contribution >= 4 is 5.69 Å². The molecule has 0 aliphatic heterocycles. The van der Waals surface area contributed by atoms with E-state index in [1.54, 1.807) is 0 Å². The van der Waals surface area contributed by atoms with Gasteiger partial charge >= 0.3 is 0 Å². The van der Waals surface area contributed by atoms with Gasteiger partial charge in [0.1, 0.15) is 0 Å². The molecule has 0 aliphatic rings. The number of hydrogen-bond acceptors (Lipinski definition) is 2. The lowest BCUT2D eigenvalue weighted by molar-refractivity contribution is 0.722. The van der Waals surface area contributed by atoms with E-state index in [0.717, 1.165) is 6.42 Å². The molecule has 0 aliphatic carbocycles. The van der Waals surface area contributed by atoms with Gasteiger partial charge in [-0.2, -0.15) is 0 Å². The monoisotopic (exact) mass is 254 g/mol.